The number of ether oxygens (including phenoxy) is 4. The van der Waals surface area contributed by atoms with Gasteiger partial charge in [0.1, 0.15) is 0 Å². The summed E-state index contributed by atoms with van der Waals surface area (Å²) in [5.74, 6) is -4.77. The molecule has 0 aromatic rings. The molecule has 4 aliphatic carbocycles. The van der Waals surface area contributed by atoms with Crippen molar-refractivity contribution in [1.29, 1.82) is 0 Å². The molecule has 6 heteroatoms. The van der Waals surface area contributed by atoms with Crippen LogP contribution in [-0.4, -0.2) is 51.6 Å². The van der Waals surface area contributed by atoms with E-state index in [1.54, 1.807) is 0 Å². The highest BCUT2D eigenvalue weighted by atomic mass is 16.7. The summed E-state index contributed by atoms with van der Waals surface area (Å²) in [5, 5.41) is 0. The van der Waals surface area contributed by atoms with Gasteiger partial charge in [0.25, 0.3) is 0 Å². The second kappa shape index (κ2) is 5.33. The van der Waals surface area contributed by atoms with Crippen LogP contribution in [0.25, 0.3) is 0 Å². The Kier molecular flexibility index (Phi) is 3.88. The molecule has 1 fully saturated rings. The van der Waals surface area contributed by atoms with E-state index in [1.807, 2.05) is 26.0 Å². The Hall–Kier alpha value is -1.34. The molecule has 4 aliphatic rings. The highest BCUT2D eigenvalue weighted by Gasteiger charge is 2.73. The molecule has 4 rings (SSSR count). The van der Waals surface area contributed by atoms with Gasteiger partial charge in [0, 0.05) is 39.8 Å². The van der Waals surface area contributed by atoms with Crippen LogP contribution >= 0.6 is 0 Å². The van der Waals surface area contributed by atoms with Gasteiger partial charge in [-0.3, -0.25) is 9.59 Å². The van der Waals surface area contributed by atoms with E-state index in [0.717, 1.165) is 5.57 Å². The number of methoxy groups -OCH3 is 4. The van der Waals surface area contributed by atoms with Gasteiger partial charge in [0.2, 0.25) is 17.4 Å². The molecule has 0 heterocycles. The van der Waals surface area contributed by atoms with Gasteiger partial charge < -0.3 is 18.9 Å². The zero-order valence-electron chi connectivity index (χ0n) is 14.9. The molecule has 2 bridgehead atoms. The second-order valence-electron chi connectivity index (χ2n) is 6.92. The van der Waals surface area contributed by atoms with E-state index in [1.165, 1.54) is 34.5 Å². The normalized spacial score (nSPS) is 38.9. The van der Waals surface area contributed by atoms with Crippen molar-refractivity contribution in [3.05, 3.63) is 23.8 Å². The molecular weight excluding hydrogens is 312 g/mol. The van der Waals surface area contributed by atoms with Gasteiger partial charge in [-0.2, -0.15) is 0 Å². The lowest BCUT2D eigenvalue weighted by atomic mass is 9.45. The van der Waals surface area contributed by atoms with Crippen molar-refractivity contribution in [2.45, 2.75) is 25.4 Å². The zero-order chi connectivity index (χ0) is 17.9. The maximum absolute atomic E-state index is 13.2. The third-order valence-corrected chi connectivity index (χ3v) is 6.19. The first-order valence-corrected chi connectivity index (χ1v) is 7.96. The molecule has 24 heavy (non-hydrogen) atoms. The zero-order valence-corrected chi connectivity index (χ0v) is 14.9. The molecule has 0 aromatic carbocycles. The number of hydrogen-bond acceptors (Lipinski definition) is 6. The third-order valence-electron chi connectivity index (χ3n) is 6.19. The number of fused-ring (bicyclic) bond motifs is 1. The first kappa shape index (κ1) is 17.5. The highest BCUT2D eigenvalue weighted by molar-refractivity contribution is 6.00. The Morgan fingerprint density at radius 3 is 2.00 bits per heavy atom. The number of carbonyl (C=O) groups excluding carboxylic acids is 2. The van der Waals surface area contributed by atoms with E-state index in [4.69, 9.17) is 18.9 Å². The Morgan fingerprint density at radius 1 is 0.958 bits per heavy atom. The number of allylic oxidation sites excluding steroid dienone is 2. The van der Waals surface area contributed by atoms with Gasteiger partial charge in [0.15, 0.2) is 5.78 Å². The summed E-state index contributed by atoms with van der Waals surface area (Å²) in [5.41, 5.74) is 0.314. The van der Waals surface area contributed by atoms with Crippen LogP contribution in [0.2, 0.25) is 0 Å². The monoisotopic (exact) mass is 336 g/mol. The van der Waals surface area contributed by atoms with Crippen molar-refractivity contribution in [3.8, 4) is 0 Å². The van der Waals surface area contributed by atoms with E-state index >= 15 is 0 Å². The van der Waals surface area contributed by atoms with Crippen molar-refractivity contribution < 1.29 is 28.5 Å². The van der Waals surface area contributed by atoms with Crippen molar-refractivity contribution in [2.24, 2.45) is 23.2 Å². The maximum Gasteiger partial charge on any atom is 0.237 e. The molecule has 0 aromatic heterocycles. The Labute approximate surface area is 141 Å². The molecule has 132 valence electrons. The minimum atomic E-state index is -1.48. The number of hydrogen-bond donors (Lipinski definition) is 0. The molecule has 0 saturated heterocycles. The largest absolute Gasteiger partial charge is 0.346 e. The van der Waals surface area contributed by atoms with Gasteiger partial charge in [-0.1, -0.05) is 24.6 Å². The van der Waals surface area contributed by atoms with E-state index < -0.39 is 34.7 Å². The number of Topliss-reactive ketones (excluding diaryl/α,β-unsaturated/α-hetero) is 1. The van der Waals surface area contributed by atoms with E-state index in [0.29, 0.717) is 0 Å². The minimum absolute atomic E-state index is 0.137. The molecular formula is C18H24O6. The van der Waals surface area contributed by atoms with Crippen LogP contribution in [0.3, 0.4) is 0 Å². The van der Waals surface area contributed by atoms with Crippen LogP contribution in [0.1, 0.15) is 13.8 Å². The molecule has 4 atom stereocenters. The first-order chi connectivity index (χ1) is 11.3. The minimum Gasteiger partial charge on any atom is -0.346 e. The summed E-state index contributed by atoms with van der Waals surface area (Å²) < 4.78 is 22.4. The molecule has 6 nitrogen and oxygen atoms in total. The van der Waals surface area contributed by atoms with Gasteiger partial charge in [-0.15, -0.1) is 0 Å². The fourth-order valence-electron chi connectivity index (χ4n) is 5.05. The quantitative estimate of drug-likeness (QED) is 0.572. The molecule has 1 saturated carbocycles. The number of rotatable bonds is 4. The van der Waals surface area contributed by atoms with E-state index in [-0.39, 0.29) is 11.6 Å². The summed E-state index contributed by atoms with van der Waals surface area (Å²) in [4.78, 5) is 25.9. The summed E-state index contributed by atoms with van der Waals surface area (Å²) in [6, 6.07) is 0. The highest BCUT2D eigenvalue weighted by Crippen LogP contribution is 2.64. The predicted molar refractivity (Wildman–Crippen MR) is 85.0 cm³/mol. The van der Waals surface area contributed by atoms with Crippen LogP contribution < -0.4 is 0 Å². The van der Waals surface area contributed by atoms with Crippen molar-refractivity contribution in [2.75, 3.05) is 28.4 Å². The molecule has 0 N–H and O–H groups in total. The smallest absolute Gasteiger partial charge is 0.237 e. The fourth-order valence-corrected chi connectivity index (χ4v) is 5.05. The van der Waals surface area contributed by atoms with Gasteiger partial charge >= 0.3 is 0 Å². The number of ketones is 2. The average Bonchev–Trinajstić information content (AvgIpc) is 2.58. The Bertz CT molecular complexity index is 640. The second-order valence-corrected chi connectivity index (χ2v) is 6.92. The lowest BCUT2D eigenvalue weighted by Crippen LogP contribution is -2.73. The van der Waals surface area contributed by atoms with Crippen molar-refractivity contribution in [1.82, 2.24) is 0 Å². The fraction of sp³-hybridized carbons (Fsp3) is 0.667. The van der Waals surface area contributed by atoms with Gasteiger partial charge in [-0.25, -0.2) is 0 Å². The SMILES string of the molecule is COC1(OC)C(=O)[C@H]2C=C(C)[C@@H]1[C@@H]1C(OC)(OC)C(=O)C=C[C@@]21C. The van der Waals surface area contributed by atoms with Crippen LogP contribution in [0.4, 0.5) is 0 Å². The topological polar surface area (TPSA) is 71.1 Å². The summed E-state index contributed by atoms with van der Waals surface area (Å²) in [6.07, 6.45) is 5.22. The Morgan fingerprint density at radius 2 is 1.50 bits per heavy atom. The van der Waals surface area contributed by atoms with Crippen LogP contribution in [0, 0.1) is 23.2 Å². The number of carbonyl (C=O) groups is 2. The molecule has 0 amide bonds. The van der Waals surface area contributed by atoms with Crippen molar-refractivity contribution in [3.63, 3.8) is 0 Å². The predicted octanol–water partition coefficient (Wildman–Crippen LogP) is 1.50. The standard InChI is InChI=1S/C18H24O6/c1-10-9-11-15(20)18(23-5,24-6)13(10)14-16(11,2)8-7-12(19)17(14,21-3)22-4/h7-9,11,13-14H,1-6H3/t11-,13-,14+,16+/m1/s1. The molecule has 0 spiro atoms. The summed E-state index contributed by atoms with van der Waals surface area (Å²) in [6.45, 7) is 3.89. The maximum atomic E-state index is 13.2. The van der Waals surface area contributed by atoms with Crippen LogP contribution in [0.5, 0.6) is 0 Å². The third kappa shape index (κ3) is 1.69. The molecule has 0 radical (unpaired) electrons. The molecule has 0 unspecified atom stereocenters. The lowest BCUT2D eigenvalue weighted by molar-refractivity contribution is -0.309. The summed E-state index contributed by atoms with van der Waals surface area (Å²) >= 11 is 0. The first-order valence-electron chi connectivity index (χ1n) is 7.96. The van der Waals surface area contributed by atoms with Gasteiger partial charge in [0.05, 0.1) is 11.8 Å². The van der Waals surface area contributed by atoms with Crippen LogP contribution in [-0.2, 0) is 28.5 Å². The summed E-state index contributed by atoms with van der Waals surface area (Å²) in [7, 11) is 5.81. The van der Waals surface area contributed by atoms with E-state index in [9.17, 15) is 9.59 Å². The van der Waals surface area contributed by atoms with Crippen molar-refractivity contribution >= 4 is 11.6 Å². The Balaban J connectivity index is 2.32. The van der Waals surface area contributed by atoms with Crippen LogP contribution in [0.15, 0.2) is 23.8 Å². The van der Waals surface area contributed by atoms with E-state index in [2.05, 4.69) is 0 Å². The lowest BCUT2D eigenvalue weighted by Gasteiger charge is -2.62. The van der Waals surface area contributed by atoms with Gasteiger partial charge in [-0.05, 0) is 13.0 Å². The molecule has 0 aliphatic heterocycles. The average molecular weight is 336 g/mol.